The van der Waals surface area contributed by atoms with Crippen molar-refractivity contribution in [3.05, 3.63) is 47.7 Å². The highest BCUT2D eigenvalue weighted by Gasteiger charge is 2.04. The lowest BCUT2D eigenvalue weighted by atomic mass is 10.1. The number of nitrogens with two attached hydrogens (primary N) is 1. The Balaban J connectivity index is 2.04. The van der Waals surface area contributed by atoms with Crippen molar-refractivity contribution in [3.63, 3.8) is 0 Å². The first kappa shape index (κ1) is 11.9. The van der Waals surface area contributed by atoms with Gasteiger partial charge in [-0.3, -0.25) is 0 Å². The molecule has 0 atom stereocenters. The van der Waals surface area contributed by atoms with E-state index >= 15 is 0 Å². The molecule has 2 aromatic rings. The predicted octanol–water partition coefficient (Wildman–Crippen LogP) is 3.54. The molecule has 0 unspecified atom stereocenters. The van der Waals surface area contributed by atoms with Crippen molar-refractivity contribution in [1.82, 2.24) is 0 Å². The maximum Gasteiger partial charge on any atom is 0.134 e. The molecule has 0 aliphatic rings. The van der Waals surface area contributed by atoms with E-state index in [2.05, 4.69) is 37.3 Å². The van der Waals surface area contributed by atoms with Crippen molar-refractivity contribution >= 4 is 0 Å². The van der Waals surface area contributed by atoms with Crippen LogP contribution in [-0.2, 0) is 6.42 Å². The zero-order chi connectivity index (χ0) is 12.1. The lowest BCUT2D eigenvalue weighted by Gasteiger charge is -1.98. The molecule has 1 aromatic heterocycles. The molecule has 0 radical (unpaired) electrons. The summed E-state index contributed by atoms with van der Waals surface area (Å²) in [5.74, 6) is 2.00. The van der Waals surface area contributed by atoms with Crippen LogP contribution in [0.5, 0.6) is 0 Å². The van der Waals surface area contributed by atoms with Crippen LogP contribution in [0.1, 0.15) is 24.2 Å². The number of hydrogen-bond acceptors (Lipinski definition) is 2. The summed E-state index contributed by atoms with van der Waals surface area (Å²) in [6.07, 6.45) is 3.13. The summed E-state index contributed by atoms with van der Waals surface area (Å²) in [5.41, 5.74) is 7.88. The number of rotatable bonds is 5. The van der Waals surface area contributed by atoms with Gasteiger partial charge in [0.05, 0.1) is 0 Å². The number of furan rings is 1. The van der Waals surface area contributed by atoms with Crippen LogP contribution in [0.15, 0.2) is 40.8 Å². The quantitative estimate of drug-likeness (QED) is 0.796. The van der Waals surface area contributed by atoms with E-state index in [0.717, 1.165) is 42.9 Å². The molecule has 0 bridgehead atoms. The molecule has 1 aromatic carbocycles. The molecule has 0 aliphatic heterocycles. The molecule has 2 heteroatoms. The number of hydrogen-bond donors (Lipinski definition) is 1. The van der Waals surface area contributed by atoms with Crippen molar-refractivity contribution in [2.75, 3.05) is 6.54 Å². The van der Waals surface area contributed by atoms with Crippen LogP contribution in [0.25, 0.3) is 11.3 Å². The van der Waals surface area contributed by atoms with Crippen LogP contribution < -0.4 is 5.73 Å². The Morgan fingerprint density at radius 1 is 1.00 bits per heavy atom. The number of benzene rings is 1. The monoisotopic (exact) mass is 229 g/mol. The summed E-state index contributed by atoms with van der Waals surface area (Å²) in [6.45, 7) is 2.84. The van der Waals surface area contributed by atoms with Crippen LogP contribution in [-0.4, -0.2) is 6.54 Å². The molecule has 1 heterocycles. The molecule has 0 saturated carbocycles. The first-order valence-corrected chi connectivity index (χ1v) is 6.15. The van der Waals surface area contributed by atoms with E-state index in [1.165, 1.54) is 5.56 Å². The third-order valence-corrected chi connectivity index (χ3v) is 2.88. The zero-order valence-electron chi connectivity index (χ0n) is 10.3. The Morgan fingerprint density at radius 2 is 1.76 bits per heavy atom. The van der Waals surface area contributed by atoms with Crippen LogP contribution >= 0.6 is 0 Å². The first-order valence-electron chi connectivity index (χ1n) is 6.15. The molecule has 0 spiro atoms. The Bertz CT molecular complexity index is 456. The minimum Gasteiger partial charge on any atom is -0.461 e. The van der Waals surface area contributed by atoms with Gasteiger partial charge in [0.1, 0.15) is 11.5 Å². The highest BCUT2D eigenvalue weighted by atomic mass is 16.3. The van der Waals surface area contributed by atoms with Gasteiger partial charge in [0, 0.05) is 12.0 Å². The standard InChI is InChI=1S/C15H19NO/c1-12-5-7-13(8-6-12)15-10-9-14(17-15)4-2-3-11-16/h5-10H,2-4,11,16H2,1H3. The molecular weight excluding hydrogens is 210 g/mol. The van der Waals surface area contributed by atoms with Gasteiger partial charge in [0.2, 0.25) is 0 Å². The van der Waals surface area contributed by atoms with Crippen LogP contribution in [0.3, 0.4) is 0 Å². The smallest absolute Gasteiger partial charge is 0.134 e. The second-order valence-electron chi connectivity index (χ2n) is 4.38. The van der Waals surface area contributed by atoms with Gasteiger partial charge in [-0.2, -0.15) is 0 Å². The molecule has 2 rings (SSSR count). The highest BCUT2D eigenvalue weighted by molar-refractivity contribution is 5.57. The Labute approximate surface area is 102 Å². The van der Waals surface area contributed by atoms with Gasteiger partial charge in [-0.1, -0.05) is 29.8 Å². The average molecular weight is 229 g/mol. The zero-order valence-corrected chi connectivity index (χ0v) is 10.3. The molecule has 2 nitrogen and oxygen atoms in total. The predicted molar refractivity (Wildman–Crippen MR) is 70.9 cm³/mol. The van der Waals surface area contributed by atoms with Crippen molar-refractivity contribution in [3.8, 4) is 11.3 Å². The Hall–Kier alpha value is -1.54. The summed E-state index contributed by atoms with van der Waals surface area (Å²) >= 11 is 0. The van der Waals surface area contributed by atoms with Gasteiger partial charge >= 0.3 is 0 Å². The van der Waals surface area contributed by atoms with Gasteiger partial charge in [-0.25, -0.2) is 0 Å². The molecule has 2 N–H and O–H groups in total. The summed E-state index contributed by atoms with van der Waals surface area (Å²) < 4.78 is 5.82. The molecule has 0 amide bonds. The van der Waals surface area contributed by atoms with E-state index in [1.807, 2.05) is 6.07 Å². The summed E-state index contributed by atoms with van der Waals surface area (Å²) in [5, 5.41) is 0. The van der Waals surface area contributed by atoms with Gasteiger partial charge in [0.25, 0.3) is 0 Å². The van der Waals surface area contributed by atoms with Crippen LogP contribution in [0, 0.1) is 6.92 Å². The van der Waals surface area contributed by atoms with E-state index in [4.69, 9.17) is 10.2 Å². The average Bonchev–Trinajstić information content (AvgIpc) is 2.79. The van der Waals surface area contributed by atoms with E-state index in [-0.39, 0.29) is 0 Å². The van der Waals surface area contributed by atoms with Crippen molar-refractivity contribution in [1.29, 1.82) is 0 Å². The molecule has 0 saturated heterocycles. The lowest BCUT2D eigenvalue weighted by Crippen LogP contribution is -1.98. The largest absolute Gasteiger partial charge is 0.461 e. The van der Waals surface area contributed by atoms with Crippen LogP contribution in [0.2, 0.25) is 0 Å². The summed E-state index contributed by atoms with van der Waals surface area (Å²) in [4.78, 5) is 0. The fourth-order valence-corrected chi connectivity index (χ4v) is 1.83. The fourth-order valence-electron chi connectivity index (χ4n) is 1.83. The van der Waals surface area contributed by atoms with E-state index < -0.39 is 0 Å². The minimum absolute atomic E-state index is 0.755. The van der Waals surface area contributed by atoms with E-state index in [0.29, 0.717) is 0 Å². The second kappa shape index (κ2) is 5.69. The number of unbranched alkanes of at least 4 members (excludes halogenated alkanes) is 1. The molecule has 90 valence electrons. The Kier molecular flexibility index (Phi) is 3.99. The third-order valence-electron chi connectivity index (χ3n) is 2.88. The normalized spacial score (nSPS) is 10.7. The third kappa shape index (κ3) is 3.21. The maximum absolute atomic E-state index is 5.82. The van der Waals surface area contributed by atoms with Gasteiger partial charge in [0.15, 0.2) is 0 Å². The fraction of sp³-hybridized carbons (Fsp3) is 0.333. The van der Waals surface area contributed by atoms with Crippen molar-refractivity contribution in [2.24, 2.45) is 5.73 Å². The van der Waals surface area contributed by atoms with Gasteiger partial charge < -0.3 is 10.2 Å². The highest BCUT2D eigenvalue weighted by Crippen LogP contribution is 2.23. The van der Waals surface area contributed by atoms with Gasteiger partial charge in [-0.15, -0.1) is 0 Å². The number of aryl methyl sites for hydroxylation is 2. The minimum atomic E-state index is 0.755. The van der Waals surface area contributed by atoms with Crippen LogP contribution in [0.4, 0.5) is 0 Å². The van der Waals surface area contributed by atoms with Crippen molar-refractivity contribution in [2.45, 2.75) is 26.2 Å². The molecular formula is C15H19NO. The summed E-state index contributed by atoms with van der Waals surface area (Å²) in [6, 6.07) is 12.5. The molecule has 17 heavy (non-hydrogen) atoms. The lowest BCUT2D eigenvalue weighted by molar-refractivity contribution is 0.510. The Morgan fingerprint density at radius 3 is 2.47 bits per heavy atom. The SMILES string of the molecule is Cc1ccc(-c2ccc(CCCCN)o2)cc1. The van der Waals surface area contributed by atoms with E-state index in [9.17, 15) is 0 Å². The maximum atomic E-state index is 5.82. The second-order valence-corrected chi connectivity index (χ2v) is 4.38. The summed E-state index contributed by atoms with van der Waals surface area (Å²) in [7, 11) is 0. The molecule has 0 aliphatic carbocycles. The van der Waals surface area contributed by atoms with Crippen molar-refractivity contribution < 1.29 is 4.42 Å². The van der Waals surface area contributed by atoms with E-state index in [1.54, 1.807) is 0 Å². The molecule has 0 fully saturated rings. The first-order chi connectivity index (χ1) is 8.29. The topological polar surface area (TPSA) is 39.2 Å². The van der Waals surface area contributed by atoms with Gasteiger partial charge in [-0.05, 0) is 38.4 Å².